The summed E-state index contributed by atoms with van der Waals surface area (Å²) in [5.41, 5.74) is -0.133. The number of benzene rings is 6. The SMILES string of the molecule is CNS(=O)(=O)c1ccc([O-])c(N=Nc2c([O-])ccc3ccccc23)c1.CNS(=O)(=O)c1ccc([O-])c(N=Nc2c([O-])ccc3ccccc23)c1.[Co+3].[Na+]. The molecule has 52 heavy (non-hydrogen) atoms. The summed E-state index contributed by atoms with van der Waals surface area (Å²) >= 11 is 0. The van der Waals surface area contributed by atoms with E-state index < -0.39 is 31.5 Å². The molecule has 2 N–H and O–H groups in total. The van der Waals surface area contributed by atoms with Gasteiger partial charge in [0.25, 0.3) is 0 Å². The average Bonchev–Trinajstić information content (AvgIpc) is 3.12. The van der Waals surface area contributed by atoms with E-state index in [1.165, 1.54) is 38.4 Å². The van der Waals surface area contributed by atoms with Crippen LogP contribution in [0.3, 0.4) is 0 Å². The molecular weight excluding hydrogens is 766 g/mol. The fourth-order valence-corrected chi connectivity index (χ4v) is 6.10. The molecule has 0 aliphatic rings. The zero-order valence-corrected chi connectivity index (χ0v) is 32.3. The Kier molecular flexibility index (Phi) is 14.4. The molecule has 0 aliphatic heterocycles. The average molecular weight is 793 g/mol. The Morgan fingerprint density at radius 3 is 1.19 bits per heavy atom. The summed E-state index contributed by atoms with van der Waals surface area (Å²) in [6.45, 7) is 0. The van der Waals surface area contributed by atoms with Gasteiger partial charge in [0.05, 0.1) is 32.5 Å². The summed E-state index contributed by atoms with van der Waals surface area (Å²) in [6, 6.07) is 27.2. The van der Waals surface area contributed by atoms with Crippen LogP contribution in [-0.2, 0) is 36.8 Å². The van der Waals surface area contributed by atoms with Gasteiger partial charge in [0.1, 0.15) is 0 Å². The third-order valence-electron chi connectivity index (χ3n) is 7.26. The quantitative estimate of drug-likeness (QED) is 0.169. The fraction of sp³-hybridized carbons (Fsp3) is 0.0588. The molecule has 0 radical (unpaired) electrons. The van der Waals surface area contributed by atoms with E-state index in [0.29, 0.717) is 10.8 Å². The third-order valence-corrected chi connectivity index (χ3v) is 10.1. The molecule has 14 nitrogen and oxygen atoms in total. The molecule has 0 aromatic heterocycles. The molecule has 0 saturated carbocycles. The van der Waals surface area contributed by atoms with Crippen molar-refractivity contribution in [2.45, 2.75) is 9.79 Å². The number of hydrogen-bond donors (Lipinski definition) is 2. The van der Waals surface area contributed by atoms with Crippen molar-refractivity contribution in [3.05, 3.63) is 109 Å². The van der Waals surface area contributed by atoms with Crippen LogP contribution in [0.4, 0.5) is 22.7 Å². The van der Waals surface area contributed by atoms with E-state index in [4.69, 9.17) is 0 Å². The number of nitrogens with one attached hydrogen (secondary N) is 2. The first-order valence-corrected chi connectivity index (χ1v) is 17.5. The van der Waals surface area contributed by atoms with Gasteiger partial charge in [-0.25, -0.2) is 26.3 Å². The van der Waals surface area contributed by atoms with E-state index in [-0.39, 0.29) is 90.4 Å². The Bertz CT molecular complexity index is 2350. The molecule has 18 heteroatoms. The molecule has 0 fully saturated rings. The van der Waals surface area contributed by atoms with Gasteiger partial charge in [-0.3, -0.25) is 0 Å². The van der Waals surface area contributed by atoms with Crippen LogP contribution in [-0.4, -0.2) is 30.9 Å². The van der Waals surface area contributed by atoms with Crippen molar-refractivity contribution >= 4 is 64.3 Å². The van der Waals surface area contributed by atoms with Crippen LogP contribution >= 0.6 is 0 Å². The first-order chi connectivity index (χ1) is 23.8. The fourth-order valence-electron chi connectivity index (χ4n) is 4.60. The Balaban J connectivity index is 0.000000270. The maximum atomic E-state index is 12.1. The summed E-state index contributed by atoms with van der Waals surface area (Å²) < 4.78 is 51.6. The normalized spacial score (nSPS) is 11.6. The van der Waals surface area contributed by atoms with Crippen molar-refractivity contribution in [3.63, 3.8) is 0 Å². The monoisotopic (exact) mass is 792 g/mol. The van der Waals surface area contributed by atoms with E-state index in [9.17, 15) is 37.3 Å². The molecule has 0 bridgehead atoms. The van der Waals surface area contributed by atoms with Crippen molar-refractivity contribution in [2.75, 3.05) is 14.1 Å². The van der Waals surface area contributed by atoms with Crippen molar-refractivity contribution in [2.24, 2.45) is 20.5 Å². The predicted octanol–water partition coefficient (Wildman–Crippen LogP) is 1.62. The van der Waals surface area contributed by atoms with Gasteiger partial charge in [-0.1, -0.05) is 108 Å². The second kappa shape index (κ2) is 17.9. The van der Waals surface area contributed by atoms with E-state index in [2.05, 4.69) is 29.9 Å². The third kappa shape index (κ3) is 9.51. The van der Waals surface area contributed by atoms with Gasteiger partial charge in [0, 0.05) is 10.8 Å². The minimum atomic E-state index is -3.72. The second-order valence-corrected chi connectivity index (χ2v) is 14.1. The summed E-state index contributed by atoms with van der Waals surface area (Å²) in [4.78, 5) is -0.215. The van der Waals surface area contributed by atoms with Crippen LogP contribution in [0.5, 0.6) is 23.0 Å². The number of fused-ring (bicyclic) bond motifs is 2. The van der Waals surface area contributed by atoms with Gasteiger partial charge in [-0.15, -0.1) is 0 Å². The molecule has 0 amide bonds. The minimum absolute atomic E-state index is 0. The summed E-state index contributed by atoms with van der Waals surface area (Å²) in [7, 11) is -4.90. The zero-order valence-electron chi connectivity index (χ0n) is 27.6. The number of azo groups is 2. The van der Waals surface area contributed by atoms with E-state index in [0.717, 1.165) is 35.0 Å². The number of sulfonamides is 2. The van der Waals surface area contributed by atoms with Crippen LogP contribution in [0, 0.1) is 0 Å². The number of nitrogens with zero attached hydrogens (tertiary/aromatic N) is 4. The molecule has 6 aromatic rings. The molecule has 0 saturated heterocycles. The molecule has 6 aromatic carbocycles. The van der Waals surface area contributed by atoms with Gasteiger partial charge < -0.3 is 20.4 Å². The smallest absolute Gasteiger partial charge is 0.871 e. The van der Waals surface area contributed by atoms with Gasteiger partial charge in [-0.2, -0.15) is 20.5 Å². The predicted molar refractivity (Wildman–Crippen MR) is 179 cm³/mol. The van der Waals surface area contributed by atoms with E-state index >= 15 is 0 Å². The van der Waals surface area contributed by atoms with Crippen molar-refractivity contribution in [3.8, 4) is 23.0 Å². The van der Waals surface area contributed by atoms with Crippen LogP contribution in [0.2, 0.25) is 0 Å². The van der Waals surface area contributed by atoms with Crippen molar-refractivity contribution < 1.29 is 83.6 Å². The Morgan fingerprint density at radius 2 is 0.827 bits per heavy atom. The second-order valence-electron chi connectivity index (χ2n) is 10.3. The summed E-state index contributed by atoms with van der Waals surface area (Å²) in [5, 5.41) is 66.2. The minimum Gasteiger partial charge on any atom is -0.871 e. The first-order valence-electron chi connectivity index (χ1n) is 14.5. The molecule has 0 unspecified atom stereocenters. The van der Waals surface area contributed by atoms with Crippen molar-refractivity contribution in [1.82, 2.24) is 9.44 Å². The summed E-state index contributed by atoms with van der Waals surface area (Å²) in [5.74, 6) is -1.67. The van der Waals surface area contributed by atoms with Gasteiger partial charge in [0.2, 0.25) is 20.0 Å². The molecular formula is C34H26CoN6NaO8S2. The topological polar surface area (TPSA) is 234 Å². The van der Waals surface area contributed by atoms with Crippen LogP contribution in [0.1, 0.15) is 0 Å². The Hall–Kier alpha value is -4.43. The van der Waals surface area contributed by atoms with Crippen LogP contribution in [0.15, 0.2) is 139 Å². The molecule has 262 valence electrons. The van der Waals surface area contributed by atoms with E-state index in [1.807, 2.05) is 24.3 Å². The Morgan fingerprint density at radius 1 is 0.481 bits per heavy atom. The number of rotatable bonds is 8. The van der Waals surface area contributed by atoms with Crippen molar-refractivity contribution in [1.29, 1.82) is 0 Å². The van der Waals surface area contributed by atoms with Gasteiger partial charge >= 0.3 is 46.3 Å². The number of hydrogen-bond acceptors (Lipinski definition) is 12. The molecule has 0 aliphatic carbocycles. The van der Waals surface area contributed by atoms with Gasteiger partial charge in [0.15, 0.2) is 0 Å². The maximum absolute atomic E-state index is 12.1. The van der Waals surface area contributed by atoms with E-state index in [1.54, 1.807) is 36.4 Å². The first kappa shape index (κ1) is 42.0. The molecule has 0 atom stereocenters. The van der Waals surface area contributed by atoms with Crippen LogP contribution in [0.25, 0.3) is 21.5 Å². The van der Waals surface area contributed by atoms with Crippen LogP contribution < -0.4 is 59.4 Å². The zero-order chi connectivity index (χ0) is 36.1. The summed E-state index contributed by atoms with van der Waals surface area (Å²) in [6.07, 6.45) is 0. The molecule has 6 rings (SSSR count). The largest absolute Gasteiger partial charge is 3.00 e. The standard InChI is InChI=1S/2C17H15N3O4S.Co.Na/c2*1-18-25(23,24)12-7-9-15(21)14(10-12)19-20-17-13-5-3-2-4-11(13)6-8-16(17)22;;/h2*2-10,18,21-22H,1H3;;/q;;+3;+1/p-4. The maximum Gasteiger partial charge on any atom is 3.00 e. The molecule has 0 heterocycles. The van der Waals surface area contributed by atoms with Gasteiger partial charge in [-0.05, 0) is 49.1 Å². The molecule has 0 spiro atoms. The Labute approximate surface area is 331 Å².